The number of benzene rings is 2. The smallest absolute Gasteiger partial charge is 0.166 e. The molecule has 1 unspecified atom stereocenters. The quantitative estimate of drug-likeness (QED) is 0.532. The van der Waals surface area contributed by atoms with E-state index in [1.165, 1.54) is 35.1 Å². The Balaban J connectivity index is 0.00000141. The van der Waals surface area contributed by atoms with Crippen molar-refractivity contribution in [3.05, 3.63) is 82.1 Å². The van der Waals surface area contributed by atoms with Crippen LogP contribution in [0.4, 0.5) is 0 Å². The second-order valence-corrected chi connectivity index (χ2v) is 9.73. The molecule has 2 aromatic rings. The van der Waals surface area contributed by atoms with E-state index in [9.17, 15) is 9.90 Å². The number of fused-ring (bicyclic) bond motifs is 1. The maximum atomic E-state index is 12.3. The molecule has 0 radical (unpaired) electrons. The first-order chi connectivity index (χ1) is 15.2. The fraction of sp³-hybridized carbons (Fsp3) is 0.433. The third-order valence-electron chi connectivity index (χ3n) is 7.09. The van der Waals surface area contributed by atoms with Crippen molar-refractivity contribution in [1.29, 1.82) is 0 Å². The Morgan fingerprint density at radius 3 is 2.38 bits per heavy atom. The maximum absolute atomic E-state index is 12.3. The third-order valence-corrected chi connectivity index (χ3v) is 7.09. The van der Waals surface area contributed by atoms with Gasteiger partial charge in [0, 0.05) is 12.8 Å². The van der Waals surface area contributed by atoms with Crippen molar-refractivity contribution in [1.82, 2.24) is 0 Å². The van der Waals surface area contributed by atoms with Gasteiger partial charge in [-0.05, 0) is 76.5 Å². The molecule has 2 aliphatic rings. The Morgan fingerprint density at radius 1 is 1.09 bits per heavy atom. The summed E-state index contributed by atoms with van der Waals surface area (Å²) in [5.41, 5.74) is 8.94. The van der Waals surface area contributed by atoms with Crippen molar-refractivity contribution in [3.63, 3.8) is 0 Å². The van der Waals surface area contributed by atoms with Gasteiger partial charge in [0.25, 0.3) is 0 Å². The lowest BCUT2D eigenvalue weighted by Gasteiger charge is -2.37. The fourth-order valence-corrected chi connectivity index (χ4v) is 5.06. The standard InChI is InChI=1S/C28H32O2.C2H6/c1-17-13-14-28(4,5)24-15-18(2)22(16-23(17)24)19(3)20-9-11-21(12-10-20)27-25(29)7-6-8-26(27)30;1-2/h9-12,15-17,29H,3,6-8,13-14H2,1-2,4-5H3;1-2H3. The van der Waals surface area contributed by atoms with E-state index in [2.05, 4.69) is 46.4 Å². The van der Waals surface area contributed by atoms with Gasteiger partial charge in [0.05, 0.1) is 5.57 Å². The average molecular weight is 431 g/mol. The molecule has 0 spiro atoms. The molecule has 32 heavy (non-hydrogen) atoms. The summed E-state index contributed by atoms with van der Waals surface area (Å²) in [6, 6.07) is 12.6. The molecule has 2 nitrogen and oxygen atoms in total. The predicted molar refractivity (Wildman–Crippen MR) is 136 cm³/mol. The number of Topliss-reactive ketones (excluding diaryl/α,β-unsaturated/α-hetero) is 1. The normalized spacial score (nSPS) is 19.7. The van der Waals surface area contributed by atoms with E-state index in [0.29, 0.717) is 24.3 Å². The third kappa shape index (κ3) is 4.46. The molecule has 1 N–H and O–H groups in total. The molecule has 0 fully saturated rings. The molecule has 2 aliphatic carbocycles. The highest BCUT2D eigenvalue weighted by atomic mass is 16.3. The van der Waals surface area contributed by atoms with Gasteiger partial charge in [-0.3, -0.25) is 4.79 Å². The van der Waals surface area contributed by atoms with Crippen LogP contribution in [0.2, 0.25) is 0 Å². The molecule has 0 aliphatic heterocycles. The number of aryl methyl sites for hydroxylation is 1. The van der Waals surface area contributed by atoms with Crippen molar-refractivity contribution in [2.24, 2.45) is 0 Å². The van der Waals surface area contributed by atoms with E-state index < -0.39 is 0 Å². The van der Waals surface area contributed by atoms with Crippen LogP contribution < -0.4 is 0 Å². The molecular weight excluding hydrogens is 392 g/mol. The van der Waals surface area contributed by atoms with Crippen LogP contribution in [0, 0.1) is 6.92 Å². The van der Waals surface area contributed by atoms with Gasteiger partial charge in [0.1, 0.15) is 5.76 Å². The fourth-order valence-electron chi connectivity index (χ4n) is 5.06. The summed E-state index contributed by atoms with van der Waals surface area (Å²) in [4.78, 5) is 12.3. The van der Waals surface area contributed by atoms with Crippen LogP contribution >= 0.6 is 0 Å². The lowest BCUT2D eigenvalue weighted by atomic mass is 9.68. The van der Waals surface area contributed by atoms with E-state index in [1.807, 2.05) is 38.1 Å². The van der Waals surface area contributed by atoms with Crippen LogP contribution in [0.3, 0.4) is 0 Å². The summed E-state index contributed by atoms with van der Waals surface area (Å²) in [6.07, 6.45) is 4.27. The Morgan fingerprint density at radius 2 is 1.75 bits per heavy atom. The van der Waals surface area contributed by atoms with Crippen LogP contribution in [0.15, 0.2) is 48.7 Å². The van der Waals surface area contributed by atoms with Gasteiger partial charge < -0.3 is 5.11 Å². The number of carbonyl (C=O) groups is 1. The zero-order valence-corrected chi connectivity index (χ0v) is 20.6. The average Bonchev–Trinajstić information content (AvgIpc) is 2.78. The Bertz CT molecular complexity index is 1050. The second kappa shape index (κ2) is 9.48. The van der Waals surface area contributed by atoms with Gasteiger partial charge >= 0.3 is 0 Å². The van der Waals surface area contributed by atoms with E-state index in [4.69, 9.17) is 0 Å². The van der Waals surface area contributed by atoms with Crippen molar-refractivity contribution >= 4 is 16.9 Å². The number of aliphatic hydroxyl groups is 1. The molecule has 170 valence electrons. The molecule has 2 aromatic carbocycles. The summed E-state index contributed by atoms with van der Waals surface area (Å²) in [7, 11) is 0. The molecule has 4 rings (SSSR count). The minimum atomic E-state index is 0.0347. The van der Waals surface area contributed by atoms with Gasteiger partial charge in [-0.15, -0.1) is 0 Å². The first kappa shape index (κ1) is 24.0. The van der Waals surface area contributed by atoms with Crippen LogP contribution in [0.1, 0.15) is 106 Å². The topological polar surface area (TPSA) is 37.3 Å². The van der Waals surface area contributed by atoms with Crippen LogP contribution in [-0.2, 0) is 10.2 Å². The van der Waals surface area contributed by atoms with Crippen LogP contribution in [-0.4, -0.2) is 10.9 Å². The number of hydrogen-bond acceptors (Lipinski definition) is 2. The predicted octanol–water partition coefficient (Wildman–Crippen LogP) is 8.28. The summed E-state index contributed by atoms with van der Waals surface area (Å²) >= 11 is 0. The molecule has 0 bridgehead atoms. The van der Waals surface area contributed by atoms with E-state index in [0.717, 1.165) is 23.1 Å². The summed E-state index contributed by atoms with van der Waals surface area (Å²) in [5.74, 6) is 0.821. The van der Waals surface area contributed by atoms with Gasteiger partial charge in [0.15, 0.2) is 5.78 Å². The monoisotopic (exact) mass is 430 g/mol. The number of ketones is 1. The molecule has 0 heterocycles. The van der Waals surface area contributed by atoms with E-state index in [1.54, 1.807) is 0 Å². The number of rotatable bonds is 3. The first-order valence-electron chi connectivity index (χ1n) is 12.1. The lowest BCUT2D eigenvalue weighted by molar-refractivity contribution is -0.114. The van der Waals surface area contributed by atoms with Crippen molar-refractivity contribution in [2.45, 2.75) is 85.0 Å². The lowest BCUT2D eigenvalue weighted by Crippen LogP contribution is -2.26. The minimum absolute atomic E-state index is 0.0347. The summed E-state index contributed by atoms with van der Waals surface area (Å²) in [5, 5.41) is 10.2. The highest BCUT2D eigenvalue weighted by Gasteiger charge is 2.31. The summed E-state index contributed by atoms with van der Waals surface area (Å²) < 4.78 is 0. The molecule has 1 atom stereocenters. The van der Waals surface area contributed by atoms with E-state index in [-0.39, 0.29) is 17.0 Å². The summed E-state index contributed by atoms with van der Waals surface area (Å²) in [6.45, 7) is 17.6. The van der Waals surface area contributed by atoms with Crippen molar-refractivity contribution in [3.8, 4) is 0 Å². The van der Waals surface area contributed by atoms with Gasteiger partial charge in [-0.25, -0.2) is 0 Å². The Kier molecular flexibility index (Phi) is 7.12. The molecule has 0 aromatic heterocycles. The number of allylic oxidation sites excluding steroid dienone is 2. The largest absolute Gasteiger partial charge is 0.512 e. The maximum Gasteiger partial charge on any atom is 0.166 e. The number of carbonyl (C=O) groups excluding carboxylic acids is 1. The first-order valence-corrected chi connectivity index (χ1v) is 12.1. The number of hydrogen-bond donors (Lipinski definition) is 1. The van der Waals surface area contributed by atoms with Crippen molar-refractivity contribution < 1.29 is 9.90 Å². The van der Waals surface area contributed by atoms with Gasteiger partial charge in [-0.1, -0.05) is 77.6 Å². The van der Waals surface area contributed by atoms with Crippen LogP contribution in [0.5, 0.6) is 0 Å². The Labute approximate surface area is 194 Å². The molecule has 0 saturated heterocycles. The number of aliphatic hydroxyl groups excluding tert-OH is 1. The SMILES string of the molecule is C=C(c1ccc(C2=C(O)CCCC2=O)cc1)c1cc2c(cc1C)C(C)(C)CCC2C.CC. The molecule has 0 amide bonds. The van der Waals surface area contributed by atoms with Gasteiger partial charge in [0.2, 0.25) is 0 Å². The zero-order valence-electron chi connectivity index (χ0n) is 20.6. The highest BCUT2D eigenvalue weighted by molar-refractivity contribution is 6.21. The Hall–Kier alpha value is -2.61. The van der Waals surface area contributed by atoms with Crippen LogP contribution in [0.25, 0.3) is 11.1 Å². The molecular formula is C30H38O2. The zero-order chi connectivity index (χ0) is 23.6. The van der Waals surface area contributed by atoms with E-state index >= 15 is 0 Å². The molecule has 2 heteroatoms. The highest BCUT2D eigenvalue weighted by Crippen LogP contribution is 2.44. The second-order valence-electron chi connectivity index (χ2n) is 9.73. The van der Waals surface area contributed by atoms with Gasteiger partial charge in [-0.2, -0.15) is 0 Å². The van der Waals surface area contributed by atoms with Crippen molar-refractivity contribution in [2.75, 3.05) is 0 Å². The molecule has 0 saturated carbocycles. The minimum Gasteiger partial charge on any atom is -0.512 e.